The molecule has 0 spiro atoms. The first-order chi connectivity index (χ1) is 18.6. The van der Waals surface area contributed by atoms with E-state index in [9.17, 15) is 14.7 Å². The van der Waals surface area contributed by atoms with Gasteiger partial charge in [0.15, 0.2) is 0 Å². The predicted molar refractivity (Wildman–Crippen MR) is 152 cm³/mol. The zero-order chi connectivity index (χ0) is 26.3. The van der Waals surface area contributed by atoms with Crippen molar-refractivity contribution in [1.82, 2.24) is 10.3 Å². The highest BCUT2D eigenvalue weighted by atomic mass is 16.4. The number of aromatic amines is 1. The molecule has 1 fully saturated rings. The van der Waals surface area contributed by atoms with Crippen LogP contribution in [0, 0.1) is 0 Å². The van der Waals surface area contributed by atoms with Crippen molar-refractivity contribution in [3.63, 3.8) is 0 Å². The summed E-state index contributed by atoms with van der Waals surface area (Å²) < 4.78 is 0. The van der Waals surface area contributed by atoms with Crippen molar-refractivity contribution in [1.29, 1.82) is 0 Å². The van der Waals surface area contributed by atoms with Crippen molar-refractivity contribution in [2.75, 3.05) is 10.6 Å². The Kier molecular flexibility index (Phi) is 7.92. The Hall–Kier alpha value is -4.26. The lowest BCUT2D eigenvalue weighted by atomic mass is 9.95. The standard InChI is InChI=1S/C31H34N4O3/c36-30(35-29(31(37)38)18-23-20-33-26-14-8-7-13-25(23)26)22-15-16-27(34-24-11-5-2-6-12-24)28(17-22)32-19-21-9-3-1-4-10-21/h1,3-4,7-10,13-17,20,24,29,32-34H,2,5-6,11-12,18-19H2,(H,35,36)(H,37,38)/t29-/m0/s1. The third-order valence-electron chi connectivity index (χ3n) is 7.27. The second-order valence-electron chi connectivity index (χ2n) is 10.0. The number of aromatic nitrogens is 1. The molecule has 1 saturated carbocycles. The molecule has 1 aromatic heterocycles. The van der Waals surface area contributed by atoms with Crippen molar-refractivity contribution >= 4 is 34.2 Å². The van der Waals surface area contributed by atoms with Gasteiger partial charge in [-0.2, -0.15) is 0 Å². The summed E-state index contributed by atoms with van der Waals surface area (Å²) in [6.07, 6.45) is 7.98. The van der Waals surface area contributed by atoms with Gasteiger partial charge in [0.25, 0.3) is 5.91 Å². The minimum absolute atomic E-state index is 0.186. The summed E-state index contributed by atoms with van der Waals surface area (Å²) in [4.78, 5) is 28.5. The maximum Gasteiger partial charge on any atom is 0.326 e. The molecule has 0 bridgehead atoms. The number of carboxylic acids is 1. The number of benzene rings is 3. The fourth-order valence-electron chi connectivity index (χ4n) is 5.18. The zero-order valence-electron chi connectivity index (χ0n) is 21.4. The summed E-state index contributed by atoms with van der Waals surface area (Å²) in [7, 11) is 0. The minimum Gasteiger partial charge on any atom is -0.480 e. The molecule has 38 heavy (non-hydrogen) atoms. The Morgan fingerprint density at radius 2 is 1.68 bits per heavy atom. The van der Waals surface area contributed by atoms with Gasteiger partial charge in [-0.3, -0.25) is 4.79 Å². The lowest BCUT2D eigenvalue weighted by Crippen LogP contribution is -2.42. The number of carbonyl (C=O) groups excluding carboxylic acids is 1. The van der Waals surface area contributed by atoms with Gasteiger partial charge in [-0.1, -0.05) is 67.8 Å². The van der Waals surface area contributed by atoms with E-state index in [0.29, 0.717) is 18.2 Å². The number of amides is 1. The highest BCUT2D eigenvalue weighted by molar-refractivity contribution is 5.98. The molecule has 1 aliphatic rings. The number of anilines is 2. The first kappa shape index (κ1) is 25.4. The third kappa shape index (κ3) is 6.17. The van der Waals surface area contributed by atoms with Gasteiger partial charge in [0.05, 0.1) is 11.4 Å². The summed E-state index contributed by atoms with van der Waals surface area (Å²) in [6.45, 7) is 0.615. The van der Waals surface area contributed by atoms with Gasteiger partial charge in [0, 0.05) is 41.7 Å². The van der Waals surface area contributed by atoms with E-state index in [2.05, 4.69) is 33.1 Å². The minimum atomic E-state index is -1.07. The van der Waals surface area contributed by atoms with E-state index in [-0.39, 0.29) is 6.42 Å². The lowest BCUT2D eigenvalue weighted by molar-refractivity contribution is -0.139. The molecule has 196 valence electrons. The number of fused-ring (bicyclic) bond motifs is 1. The van der Waals surface area contributed by atoms with Gasteiger partial charge >= 0.3 is 5.97 Å². The smallest absolute Gasteiger partial charge is 0.326 e. The lowest BCUT2D eigenvalue weighted by Gasteiger charge is -2.26. The summed E-state index contributed by atoms with van der Waals surface area (Å²) >= 11 is 0. The Bertz CT molecular complexity index is 1390. The van der Waals surface area contributed by atoms with Gasteiger partial charge in [-0.05, 0) is 48.2 Å². The number of rotatable bonds is 10. The fraction of sp³-hybridized carbons (Fsp3) is 0.290. The second-order valence-corrected chi connectivity index (χ2v) is 10.0. The van der Waals surface area contributed by atoms with Crippen molar-refractivity contribution in [2.24, 2.45) is 0 Å². The SMILES string of the molecule is O=C(N[C@@H](Cc1c[nH]c2ccccc12)C(=O)O)c1ccc(NC2CCCCC2)c(NCc2ccccc2)c1. The van der Waals surface area contributed by atoms with Crippen LogP contribution in [-0.2, 0) is 17.8 Å². The molecule has 1 atom stereocenters. The van der Waals surface area contributed by atoms with Crippen LogP contribution in [0.25, 0.3) is 10.9 Å². The highest BCUT2D eigenvalue weighted by Gasteiger charge is 2.23. The molecule has 7 heteroatoms. The van der Waals surface area contributed by atoms with Crippen LogP contribution < -0.4 is 16.0 Å². The van der Waals surface area contributed by atoms with Gasteiger partial charge in [0.2, 0.25) is 0 Å². The molecular weight excluding hydrogens is 476 g/mol. The molecule has 4 aromatic rings. The molecule has 7 nitrogen and oxygen atoms in total. The quantitative estimate of drug-likeness (QED) is 0.181. The third-order valence-corrected chi connectivity index (χ3v) is 7.27. The summed E-state index contributed by atoms with van der Waals surface area (Å²) in [5, 5.41) is 20.7. The molecule has 0 unspecified atom stereocenters. The molecule has 0 aliphatic heterocycles. The molecule has 1 aliphatic carbocycles. The number of hydrogen-bond donors (Lipinski definition) is 5. The van der Waals surface area contributed by atoms with E-state index in [1.807, 2.05) is 60.8 Å². The van der Waals surface area contributed by atoms with Crippen molar-refractivity contribution < 1.29 is 14.7 Å². The van der Waals surface area contributed by atoms with Crippen LogP contribution in [0.3, 0.4) is 0 Å². The fourth-order valence-corrected chi connectivity index (χ4v) is 5.18. The predicted octanol–water partition coefficient (Wildman–Crippen LogP) is 5.95. The van der Waals surface area contributed by atoms with E-state index in [4.69, 9.17) is 0 Å². The van der Waals surface area contributed by atoms with E-state index in [0.717, 1.165) is 46.2 Å². The maximum absolute atomic E-state index is 13.2. The first-order valence-electron chi connectivity index (χ1n) is 13.3. The summed E-state index contributed by atoms with van der Waals surface area (Å²) in [5.74, 6) is -1.48. The second kappa shape index (κ2) is 11.9. The van der Waals surface area contributed by atoms with Gasteiger partial charge in [-0.25, -0.2) is 4.79 Å². The van der Waals surface area contributed by atoms with E-state index in [1.54, 1.807) is 6.07 Å². The highest BCUT2D eigenvalue weighted by Crippen LogP contribution is 2.29. The Balaban J connectivity index is 1.34. The monoisotopic (exact) mass is 510 g/mol. The Labute approximate surface area is 222 Å². The van der Waals surface area contributed by atoms with Crippen molar-refractivity contribution in [2.45, 2.75) is 57.2 Å². The number of hydrogen-bond acceptors (Lipinski definition) is 4. The summed E-state index contributed by atoms with van der Waals surface area (Å²) in [6, 6.07) is 22.7. The Morgan fingerprint density at radius 3 is 2.47 bits per heavy atom. The van der Waals surface area contributed by atoms with Crippen LogP contribution in [0.5, 0.6) is 0 Å². The summed E-state index contributed by atoms with van der Waals surface area (Å²) in [5.41, 5.74) is 5.13. The number of aliphatic carboxylic acids is 1. The van der Waals surface area contributed by atoms with Crippen LogP contribution in [0.4, 0.5) is 11.4 Å². The van der Waals surface area contributed by atoms with Crippen LogP contribution in [0.2, 0.25) is 0 Å². The van der Waals surface area contributed by atoms with E-state index in [1.165, 1.54) is 19.3 Å². The largest absolute Gasteiger partial charge is 0.480 e. The molecule has 5 N–H and O–H groups in total. The maximum atomic E-state index is 13.2. The number of carbonyl (C=O) groups is 2. The van der Waals surface area contributed by atoms with Crippen molar-refractivity contribution in [3.8, 4) is 0 Å². The molecule has 1 heterocycles. The van der Waals surface area contributed by atoms with E-state index >= 15 is 0 Å². The molecule has 0 radical (unpaired) electrons. The Morgan fingerprint density at radius 1 is 0.921 bits per heavy atom. The van der Waals surface area contributed by atoms with Gasteiger partial charge in [0.1, 0.15) is 6.04 Å². The molecular formula is C31H34N4O3. The number of para-hydroxylation sites is 1. The zero-order valence-corrected chi connectivity index (χ0v) is 21.4. The van der Waals surface area contributed by atoms with E-state index < -0.39 is 17.9 Å². The van der Waals surface area contributed by atoms with Gasteiger partial charge < -0.3 is 26.0 Å². The van der Waals surface area contributed by atoms with Crippen LogP contribution >= 0.6 is 0 Å². The average molecular weight is 511 g/mol. The molecule has 3 aromatic carbocycles. The number of H-pyrrole nitrogens is 1. The normalized spacial score (nSPS) is 14.6. The topological polar surface area (TPSA) is 106 Å². The van der Waals surface area contributed by atoms with Crippen LogP contribution in [0.1, 0.15) is 53.6 Å². The van der Waals surface area contributed by atoms with Crippen LogP contribution in [-0.4, -0.2) is 34.1 Å². The molecule has 1 amide bonds. The number of nitrogens with one attached hydrogen (secondary N) is 4. The number of carboxylic acid groups (broad SMARTS) is 1. The average Bonchev–Trinajstić information content (AvgIpc) is 3.36. The molecule has 5 rings (SSSR count). The first-order valence-corrected chi connectivity index (χ1v) is 13.3. The molecule has 0 saturated heterocycles. The van der Waals surface area contributed by atoms with Gasteiger partial charge in [-0.15, -0.1) is 0 Å². The van der Waals surface area contributed by atoms with Crippen molar-refractivity contribution in [3.05, 3.63) is 95.7 Å². The van der Waals surface area contributed by atoms with Crippen LogP contribution in [0.15, 0.2) is 79.0 Å².